The molecule has 162 valence electrons. The van der Waals surface area contributed by atoms with Gasteiger partial charge in [-0.2, -0.15) is 4.31 Å². The maximum atomic E-state index is 13.2. The first kappa shape index (κ1) is 20.3. The predicted molar refractivity (Wildman–Crippen MR) is 124 cm³/mol. The van der Waals surface area contributed by atoms with Crippen molar-refractivity contribution >= 4 is 38.2 Å². The van der Waals surface area contributed by atoms with Gasteiger partial charge in [0.1, 0.15) is 23.8 Å². The van der Waals surface area contributed by atoms with Crippen molar-refractivity contribution in [2.24, 2.45) is 0 Å². The number of nitrogens with zero attached hydrogens (tertiary/aromatic N) is 5. The second-order valence-electron chi connectivity index (χ2n) is 7.50. The van der Waals surface area contributed by atoms with E-state index < -0.39 is 10.0 Å². The summed E-state index contributed by atoms with van der Waals surface area (Å²) in [5, 5.41) is 5.10. The lowest BCUT2D eigenvalue weighted by Crippen LogP contribution is -2.48. The Labute approximate surface area is 186 Å². The van der Waals surface area contributed by atoms with E-state index in [4.69, 9.17) is 0 Å². The second kappa shape index (κ2) is 8.52. The molecule has 0 radical (unpaired) electrons. The number of nitrogens with one attached hydrogen (secondary N) is 1. The molecule has 1 fully saturated rings. The zero-order chi connectivity index (χ0) is 22.0. The SMILES string of the molecule is O=S(=O)(c1ccc2ccccc2c1)N1CCN(c2cc(Nc3ccccn3)ncn2)CC1. The highest BCUT2D eigenvalue weighted by Gasteiger charge is 2.29. The summed E-state index contributed by atoms with van der Waals surface area (Å²) >= 11 is 0. The van der Waals surface area contributed by atoms with Gasteiger partial charge in [-0.25, -0.2) is 23.4 Å². The van der Waals surface area contributed by atoms with Crippen molar-refractivity contribution in [3.05, 3.63) is 79.3 Å². The molecule has 0 atom stereocenters. The third-order valence-electron chi connectivity index (χ3n) is 5.50. The molecule has 0 amide bonds. The molecule has 1 aliphatic heterocycles. The van der Waals surface area contributed by atoms with E-state index in [-0.39, 0.29) is 0 Å². The molecule has 1 saturated heterocycles. The zero-order valence-electron chi connectivity index (χ0n) is 17.3. The van der Waals surface area contributed by atoms with Crippen molar-refractivity contribution in [3.8, 4) is 0 Å². The Morgan fingerprint density at radius 1 is 0.750 bits per heavy atom. The first-order valence-corrected chi connectivity index (χ1v) is 11.8. The summed E-state index contributed by atoms with van der Waals surface area (Å²) < 4.78 is 27.9. The standard InChI is InChI=1S/C23H22N6O2S/c30-32(31,20-9-8-18-5-1-2-6-19(18)15-20)29-13-11-28(12-14-29)23-16-22(25-17-26-23)27-21-7-3-4-10-24-21/h1-10,15-17H,11-14H2,(H,24,25,26,27). The normalized spacial score (nSPS) is 15.1. The number of fused-ring (bicyclic) bond motifs is 1. The molecule has 1 N–H and O–H groups in total. The topological polar surface area (TPSA) is 91.3 Å². The molecule has 9 heteroatoms. The molecule has 0 saturated carbocycles. The summed E-state index contributed by atoms with van der Waals surface area (Å²) in [6.07, 6.45) is 3.21. The minimum Gasteiger partial charge on any atom is -0.354 e. The number of rotatable bonds is 5. The van der Waals surface area contributed by atoms with Crippen LogP contribution in [0.5, 0.6) is 0 Å². The quantitative estimate of drug-likeness (QED) is 0.503. The maximum absolute atomic E-state index is 13.2. The van der Waals surface area contributed by atoms with Crippen LogP contribution in [0.2, 0.25) is 0 Å². The lowest BCUT2D eigenvalue weighted by Gasteiger charge is -2.34. The van der Waals surface area contributed by atoms with Crippen LogP contribution in [0.4, 0.5) is 17.5 Å². The van der Waals surface area contributed by atoms with Gasteiger partial charge in [-0.05, 0) is 35.0 Å². The highest BCUT2D eigenvalue weighted by Crippen LogP contribution is 2.24. The fraction of sp³-hybridized carbons (Fsp3) is 0.174. The first-order chi connectivity index (χ1) is 15.6. The third-order valence-corrected chi connectivity index (χ3v) is 7.39. The number of piperazine rings is 1. The van der Waals surface area contributed by atoms with Gasteiger partial charge >= 0.3 is 0 Å². The van der Waals surface area contributed by atoms with Crippen molar-refractivity contribution in [3.63, 3.8) is 0 Å². The van der Waals surface area contributed by atoms with E-state index in [1.165, 1.54) is 6.33 Å². The Hall–Kier alpha value is -3.56. The van der Waals surface area contributed by atoms with E-state index in [1.807, 2.05) is 54.6 Å². The van der Waals surface area contributed by atoms with Gasteiger partial charge in [-0.15, -0.1) is 0 Å². The van der Waals surface area contributed by atoms with Gasteiger partial charge in [-0.1, -0.05) is 36.4 Å². The summed E-state index contributed by atoms with van der Waals surface area (Å²) in [5.41, 5.74) is 0. The Balaban J connectivity index is 1.29. The zero-order valence-corrected chi connectivity index (χ0v) is 18.1. The van der Waals surface area contributed by atoms with E-state index in [0.29, 0.717) is 42.7 Å². The summed E-state index contributed by atoms with van der Waals surface area (Å²) in [6.45, 7) is 1.88. The monoisotopic (exact) mass is 446 g/mol. The van der Waals surface area contributed by atoms with E-state index in [2.05, 4.69) is 25.2 Å². The Morgan fingerprint density at radius 2 is 1.53 bits per heavy atom. The molecule has 1 aliphatic rings. The number of benzene rings is 2. The van der Waals surface area contributed by atoms with Crippen LogP contribution in [0, 0.1) is 0 Å². The van der Waals surface area contributed by atoms with Gasteiger partial charge in [0.15, 0.2) is 0 Å². The number of aromatic nitrogens is 3. The van der Waals surface area contributed by atoms with E-state index in [9.17, 15) is 8.42 Å². The third kappa shape index (κ3) is 4.12. The molecule has 0 aliphatic carbocycles. The van der Waals surface area contributed by atoms with Crippen molar-refractivity contribution in [1.82, 2.24) is 19.3 Å². The molecule has 32 heavy (non-hydrogen) atoms. The molecular formula is C23H22N6O2S. The average molecular weight is 447 g/mol. The molecule has 3 heterocycles. The Morgan fingerprint density at radius 3 is 2.31 bits per heavy atom. The van der Waals surface area contributed by atoms with Crippen LogP contribution in [0.15, 0.2) is 84.1 Å². The van der Waals surface area contributed by atoms with Crippen LogP contribution in [0.1, 0.15) is 0 Å². The fourth-order valence-corrected chi connectivity index (χ4v) is 5.25. The lowest BCUT2D eigenvalue weighted by atomic mass is 10.1. The average Bonchev–Trinajstić information content (AvgIpc) is 2.84. The fourth-order valence-electron chi connectivity index (χ4n) is 3.79. The van der Waals surface area contributed by atoms with Gasteiger partial charge in [0, 0.05) is 38.4 Å². The smallest absolute Gasteiger partial charge is 0.243 e. The van der Waals surface area contributed by atoms with Crippen LogP contribution in [0.25, 0.3) is 10.8 Å². The molecule has 0 spiro atoms. The summed E-state index contributed by atoms with van der Waals surface area (Å²) in [6, 6.07) is 20.5. The van der Waals surface area contributed by atoms with Crippen molar-refractivity contribution < 1.29 is 8.42 Å². The minimum atomic E-state index is -3.55. The number of sulfonamides is 1. The predicted octanol–water partition coefficient (Wildman–Crippen LogP) is 3.28. The highest BCUT2D eigenvalue weighted by molar-refractivity contribution is 7.89. The molecule has 8 nitrogen and oxygen atoms in total. The molecule has 0 unspecified atom stereocenters. The van der Waals surface area contributed by atoms with Crippen molar-refractivity contribution in [1.29, 1.82) is 0 Å². The summed E-state index contributed by atoms with van der Waals surface area (Å²) in [5.74, 6) is 2.09. The van der Waals surface area contributed by atoms with Crippen LogP contribution < -0.4 is 10.2 Å². The van der Waals surface area contributed by atoms with E-state index in [0.717, 1.165) is 16.6 Å². The number of pyridine rings is 1. The van der Waals surface area contributed by atoms with Gasteiger partial charge in [0.2, 0.25) is 10.0 Å². The second-order valence-corrected chi connectivity index (χ2v) is 9.44. The van der Waals surface area contributed by atoms with Crippen LogP contribution >= 0.6 is 0 Å². The van der Waals surface area contributed by atoms with Gasteiger partial charge in [0.25, 0.3) is 0 Å². The van der Waals surface area contributed by atoms with Crippen molar-refractivity contribution in [2.45, 2.75) is 4.90 Å². The van der Waals surface area contributed by atoms with E-state index in [1.54, 1.807) is 22.6 Å². The number of hydrogen-bond acceptors (Lipinski definition) is 7. The molecule has 0 bridgehead atoms. The van der Waals surface area contributed by atoms with Crippen LogP contribution in [0.3, 0.4) is 0 Å². The minimum absolute atomic E-state index is 0.327. The van der Waals surface area contributed by atoms with Crippen molar-refractivity contribution in [2.75, 3.05) is 36.4 Å². The number of hydrogen-bond donors (Lipinski definition) is 1. The van der Waals surface area contributed by atoms with E-state index >= 15 is 0 Å². The Bertz CT molecular complexity index is 1340. The van der Waals surface area contributed by atoms with Crippen LogP contribution in [-0.4, -0.2) is 53.9 Å². The molecule has 2 aromatic carbocycles. The lowest BCUT2D eigenvalue weighted by molar-refractivity contribution is 0.384. The summed E-state index contributed by atoms with van der Waals surface area (Å²) in [4.78, 5) is 15.3. The molecular weight excluding hydrogens is 424 g/mol. The van der Waals surface area contributed by atoms with Gasteiger partial charge in [0.05, 0.1) is 4.90 Å². The van der Waals surface area contributed by atoms with Gasteiger partial charge < -0.3 is 10.2 Å². The van der Waals surface area contributed by atoms with Gasteiger partial charge in [-0.3, -0.25) is 0 Å². The maximum Gasteiger partial charge on any atom is 0.243 e. The molecule has 4 aromatic rings. The first-order valence-electron chi connectivity index (χ1n) is 10.3. The van der Waals surface area contributed by atoms with Crippen LogP contribution in [-0.2, 0) is 10.0 Å². The number of anilines is 3. The largest absolute Gasteiger partial charge is 0.354 e. The molecule has 5 rings (SSSR count). The highest BCUT2D eigenvalue weighted by atomic mass is 32.2. The molecule has 2 aromatic heterocycles. The summed E-state index contributed by atoms with van der Waals surface area (Å²) in [7, 11) is -3.55. The Kier molecular flexibility index (Phi) is 5.42.